The van der Waals surface area contributed by atoms with Crippen molar-refractivity contribution in [3.05, 3.63) is 47.5 Å². The zero-order valence-electron chi connectivity index (χ0n) is 19.3. The largest absolute Gasteiger partial charge is 0.365 e. The number of rotatable bonds is 3. The van der Waals surface area contributed by atoms with Gasteiger partial charge in [0.15, 0.2) is 0 Å². The Balaban J connectivity index is 1.36. The molecule has 1 aromatic carbocycles. The van der Waals surface area contributed by atoms with Gasteiger partial charge in [-0.15, -0.1) is 0 Å². The summed E-state index contributed by atoms with van der Waals surface area (Å²) in [6.45, 7) is 6.72. The Morgan fingerprint density at radius 1 is 1.03 bits per heavy atom. The number of hydrogen-bond donors (Lipinski definition) is 1. The summed E-state index contributed by atoms with van der Waals surface area (Å²) < 4.78 is 0. The first-order chi connectivity index (χ1) is 14.8. The minimum absolute atomic E-state index is 0.138. The number of piperidine rings is 1. The summed E-state index contributed by atoms with van der Waals surface area (Å²) in [5, 5.41) is 0. The first kappa shape index (κ1) is 20.4. The monoisotopic (exact) mass is 434 g/mol. The van der Waals surface area contributed by atoms with Crippen molar-refractivity contribution in [2.24, 2.45) is 34.3 Å². The first-order valence-electron chi connectivity index (χ1n) is 12.6. The van der Waals surface area contributed by atoms with Crippen LogP contribution in [0.25, 0.3) is 0 Å². The number of benzene rings is 1. The van der Waals surface area contributed by atoms with Crippen molar-refractivity contribution in [2.45, 2.75) is 76.7 Å². The molecule has 0 radical (unpaired) electrons. The molecule has 0 aromatic heterocycles. The molecule has 3 atom stereocenters. The van der Waals surface area contributed by atoms with E-state index in [0.717, 1.165) is 37.3 Å². The SMILES string of the molecule is CC1(C)CN(C(=S)C23CC4CC(c5ccccc5)(CC(C2)C4=CC2CC2)C3)CC[C@@H]1N. The van der Waals surface area contributed by atoms with Crippen molar-refractivity contribution in [2.75, 3.05) is 13.1 Å². The second-order valence-electron chi connectivity index (χ2n) is 12.4. The fraction of sp³-hybridized carbons (Fsp3) is 0.679. The number of thiocarbonyl (C=S) groups is 1. The van der Waals surface area contributed by atoms with Crippen LogP contribution in [0.3, 0.4) is 0 Å². The second kappa shape index (κ2) is 6.90. The molecular weight excluding hydrogens is 396 g/mol. The lowest BCUT2D eigenvalue weighted by Gasteiger charge is -2.64. The summed E-state index contributed by atoms with van der Waals surface area (Å²) in [5.74, 6) is 2.35. The van der Waals surface area contributed by atoms with E-state index in [1.807, 2.05) is 5.57 Å². The van der Waals surface area contributed by atoms with Crippen LogP contribution in [-0.4, -0.2) is 29.0 Å². The predicted molar refractivity (Wildman–Crippen MR) is 132 cm³/mol. The van der Waals surface area contributed by atoms with E-state index in [4.69, 9.17) is 18.0 Å². The van der Waals surface area contributed by atoms with Gasteiger partial charge in [0, 0.05) is 24.5 Å². The lowest BCUT2D eigenvalue weighted by molar-refractivity contribution is -0.00212. The van der Waals surface area contributed by atoms with Crippen LogP contribution in [0.15, 0.2) is 42.0 Å². The molecule has 1 aliphatic heterocycles. The lowest BCUT2D eigenvalue weighted by atomic mass is 9.41. The highest BCUT2D eigenvalue weighted by Gasteiger charge is 2.62. The molecule has 2 N–H and O–H groups in total. The van der Waals surface area contributed by atoms with Gasteiger partial charge in [-0.2, -0.15) is 0 Å². The van der Waals surface area contributed by atoms with Gasteiger partial charge in [-0.25, -0.2) is 0 Å². The molecule has 3 heteroatoms. The van der Waals surface area contributed by atoms with Crippen LogP contribution in [0.4, 0.5) is 0 Å². The second-order valence-corrected chi connectivity index (χ2v) is 12.8. The normalized spacial score (nSPS) is 40.8. The molecule has 31 heavy (non-hydrogen) atoms. The number of nitrogens with zero attached hydrogens (tertiary/aromatic N) is 1. The number of hydrogen-bond acceptors (Lipinski definition) is 2. The summed E-state index contributed by atoms with van der Waals surface area (Å²) in [4.78, 5) is 3.86. The molecule has 6 aliphatic rings. The van der Waals surface area contributed by atoms with E-state index < -0.39 is 0 Å². The van der Waals surface area contributed by atoms with Crippen LogP contribution in [-0.2, 0) is 5.41 Å². The Bertz CT molecular complexity index is 894. The van der Waals surface area contributed by atoms with E-state index >= 15 is 0 Å². The van der Waals surface area contributed by atoms with E-state index in [1.54, 1.807) is 5.56 Å². The van der Waals surface area contributed by atoms with Crippen LogP contribution >= 0.6 is 12.2 Å². The van der Waals surface area contributed by atoms with E-state index in [0.29, 0.717) is 5.41 Å². The maximum atomic E-state index is 6.47. The van der Waals surface area contributed by atoms with Crippen molar-refractivity contribution < 1.29 is 0 Å². The quantitative estimate of drug-likeness (QED) is 0.477. The Morgan fingerprint density at radius 3 is 2.32 bits per heavy atom. The highest BCUT2D eigenvalue weighted by Crippen LogP contribution is 2.68. The molecule has 5 saturated carbocycles. The third kappa shape index (κ3) is 3.25. The smallest absolute Gasteiger partial charge is 0.0842 e. The molecule has 6 fully saturated rings. The standard InChI is InChI=1S/C28H38N2S/c1-26(2)18-30(11-10-24(26)29)25(31)28-15-20-13-27(17-28,22-6-4-3-5-7-22)14-21(16-28)23(20)12-19-8-9-19/h3-7,12,19-21,24H,8-11,13-18,29H2,1-2H3/t20?,21?,24-,27?,28?/m0/s1. The highest BCUT2D eigenvalue weighted by molar-refractivity contribution is 7.80. The van der Waals surface area contributed by atoms with Crippen molar-refractivity contribution in [3.63, 3.8) is 0 Å². The Kier molecular flexibility index (Phi) is 4.55. The minimum atomic E-state index is 0.138. The van der Waals surface area contributed by atoms with Gasteiger partial charge < -0.3 is 10.6 Å². The summed E-state index contributed by atoms with van der Waals surface area (Å²) in [7, 11) is 0. The highest BCUT2D eigenvalue weighted by atomic mass is 32.1. The van der Waals surface area contributed by atoms with E-state index in [1.165, 1.54) is 49.9 Å². The van der Waals surface area contributed by atoms with Crippen molar-refractivity contribution >= 4 is 17.2 Å². The Hall–Kier alpha value is -1.19. The molecule has 0 amide bonds. The summed E-state index contributed by atoms with van der Waals surface area (Å²) in [6.07, 6.45) is 13.1. The van der Waals surface area contributed by atoms with Gasteiger partial charge in [-0.05, 0) is 85.5 Å². The van der Waals surface area contributed by atoms with Gasteiger partial charge in [0.05, 0.1) is 4.99 Å². The molecule has 2 nitrogen and oxygen atoms in total. The Labute approximate surface area is 193 Å². The molecule has 7 rings (SSSR count). The number of likely N-dealkylation sites (tertiary alicyclic amines) is 1. The van der Waals surface area contributed by atoms with Crippen LogP contribution in [0, 0.1) is 28.6 Å². The van der Waals surface area contributed by atoms with Crippen LogP contribution in [0.5, 0.6) is 0 Å². The molecule has 2 unspecified atom stereocenters. The molecule has 5 aliphatic carbocycles. The van der Waals surface area contributed by atoms with Crippen LogP contribution in [0.2, 0.25) is 0 Å². The van der Waals surface area contributed by atoms with Gasteiger partial charge >= 0.3 is 0 Å². The topological polar surface area (TPSA) is 29.3 Å². The van der Waals surface area contributed by atoms with Crippen molar-refractivity contribution in [1.29, 1.82) is 0 Å². The third-order valence-corrected chi connectivity index (χ3v) is 10.3. The molecule has 1 aromatic rings. The molecule has 0 spiro atoms. The zero-order chi connectivity index (χ0) is 21.4. The van der Waals surface area contributed by atoms with Crippen molar-refractivity contribution in [1.82, 2.24) is 4.90 Å². The van der Waals surface area contributed by atoms with E-state index in [2.05, 4.69) is 55.2 Å². The number of allylic oxidation sites excluding steroid dienone is 2. The van der Waals surface area contributed by atoms with Crippen LogP contribution in [0.1, 0.15) is 70.8 Å². The predicted octanol–water partition coefficient (Wildman–Crippen LogP) is 5.86. The zero-order valence-corrected chi connectivity index (χ0v) is 20.1. The Morgan fingerprint density at radius 2 is 1.71 bits per heavy atom. The van der Waals surface area contributed by atoms with E-state index in [9.17, 15) is 0 Å². The van der Waals surface area contributed by atoms with Crippen LogP contribution < -0.4 is 5.73 Å². The summed E-state index contributed by atoms with van der Waals surface area (Å²) in [5.41, 5.74) is 10.5. The van der Waals surface area contributed by atoms with Gasteiger partial charge in [0.1, 0.15) is 0 Å². The summed E-state index contributed by atoms with van der Waals surface area (Å²) in [6, 6.07) is 11.7. The fourth-order valence-corrected chi connectivity index (χ4v) is 8.40. The molecule has 166 valence electrons. The minimum Gasteiger partial charge on any atom is -0.365 e. The maximum absolute atomic E-state index is 6.47. The molecule has 1 saturated heterocycles. The molecule has 4 bridgehead atoms. The fourth-order valence-electron chi connectivity index (χ4n) is 8.01. The first-order valence-corrected chi connectivity index (χ1v) is 13.0. The van der Waals surface area contributed by atoms with E-state index in [-0.39, 0.29) is 16.9 Å². The van der Waals surface area contributed by atoms with Gasteiger partial charge in [-0.3, -0.25) is 0 Å². The van der Waals surface area contributed by atoms with Crippen molar-refractivity contribution in [3.8, 4) is 0 Å². The number of nitrogens with two attached hydrogens (primary N) is 1. The van der Waals surface area contributed by atoms with Gasteiger partial charge in [0.25, 0.3) is 0 Å². The maximum Gasteiger partial charge on any atom is 0.0842 e. The average Bonchev–Trinajstić information content (AvgIpc) is 3.57. The van der Waals surface area contributed by atoms with Gasteiger partial charge in [0.2, 0.25) is 0 Å². The molecular formula is C28H38N2S. The molecule has 1 heterocycles. The average molecular weight is 435 g/mol. The lowest BCUT2D eigenvalue weighted by Crippen LogP contribution is -2.62. The third-order valence-electron chi connectivity index (χ3n) is 9.66. The summed E-state index contributed by atoms with van der Waals surface area (Å²) >= 11 is 6.41. The van der Waals surface area contributed by atoms with Gasteiger partial charge in [-0.1, -0.05) is 68.0 Å².